The van der Waals surface area contributed by atoms with Crippen molar-refractivity contribution in [3.63, 3.8) is 0 Å². The lowest BCUT2D eigenvalue weighted by Crippen LogP contribution is -2.54. The van der Waals surface area contributed by atoms with Gasteiger partial charge < -0.3 is 9.80 Å². The Balaban J connectivity index is 0.00000109. The minimum Gasteiger partial charge on any atom is -0.369 e. The first-order valence-electron chi connectivity index (χ1n) is 9.75. The van der Waals surface area contributed by atoms with Crippen LogP contribution in [-0.4, -0.2) is 72.7 Å². The van der Waals surface area contributed by atoms with Crippen molar-refractivity contribution in [2.75, 3.05) is 38.1 Å². The molecule has 2 fully saturated rings. The molecule has 2 saturated heterocycles. The molecule has 0 spiro atoms. The molecule has 0 bridgehead atoms. The Hall–Kier alpha value is -2.74. The Bertz CT molecular complexity index is 814. The zero-order chi connectivity index (χ0) is 20.4. The van der Waals surface area contributed by atoms with Crippen molar-refractivity contribution in [3.8, 4) is 0 Å². The van der Waals surface area contributed by atoms with Gasteiger partial charge in [0.25, 0.3) is 11.8 Å². The van der Waals surface area contributed by atoms with Gasteiger partial charge in [0.2, 0.25) is 11.8 Å². The van der Waals surface area contributed by atoms with Crippen LogP contribution < -0.4 is 10.2 Å². The molecule has 1 aromatic rings. The van der Waals surface area contributed by atoms with Crippen LogP contribution in [0.15, 0.2) is 18.2 Å². The third kappa shape index (κ3) is 3.52. The van der Waals surface area contributed by atoms with Gasteiger partial charge in [0, 0.05) is 38.3 Å². The molecule has 1 aromatic carbocycles. The third-order valence-corrected chi connectivity index (χ3v) is 5.29. The standard InChI is InChI=1S/C18H20N4O4.C2H6/c1-20-6-8-21(9-7-20)11-2-3-12-13(10-11)18(26)22(17(12)25)14-4-5-15(23)19-16(14)24;1-2/h2-3,10,14H,4-9H2,1H3,(H,19,23,24);1-2H3. The molecule has 3 heterocycles. The quantitative estimate of drug-likeness (QED) is 0.759. The number of nitrogens with one attached hydrogen (secondary N) is 1. The molecular weight excluding hydrogens is 360 g/mol. The Kier molecular flexibility index (Phi) is 5.79. The first-order chi connectivity index (χ1) is 13.5. The van der Waals surface area contributed by atoms with Crippen molar-refractivity contribution in [1.29, 1.82) is 0 Å². The van der Waals surface area contributed by atoms with Gasteiger partial charge in [0.15, 0.2) is 0 Å². The van der Waals surface area contributed by atoms with E-state index in [0.29, 0.717) is 11.1 Å². The van der Waals surface area contributed by atoms with E-state index < -0.39 is 23.8 Å². The Morgan fingerprint density at radius 2 is 1.57 bits per heavy atom. The number of piperazine rings is 1. The van der Waals surface area contributed by atoms with Crippen molar-refractivity contribution in [1.82, 2.24) is 15.1 Å². The maximum Gasteiger partial charge on any atom is 0.262 e. The van der Waals surface area contributed by atoms with E-state index in [-0.39, 0.29) is 18.7 Å². The van der Waals surface area contributed by atoms with Gasteiger partial charge in [-0.25, -0.2) is 0 Å². The summed E-state index contributed by atoms with van der Waals surface area (Å²) < 4.78 is 0. The summed E-state index contributed by atoms with van der Waals surface area (Å²) in [7, 11) is 2.07. The Morgan fingerprint density at radius 1 is 0.929 bits per heavy atom. The van der Waals surface area contributed by atoms with E-state index in [1.54, 1.807) is 12.1 Å². The largest absolute Gasteiger partial charge is 0.369 e. The summed E-state index contributed by atoms with van der Waals surface area (Å²) >= 11 is 0. The number of carbonyl (C=O) groups is 4. The number of rotatable bonds is 2. The van der Waals surface area contributed by atoms with Crippen molar-refractivity contribution < 1.29 is 19.2 Å². The molecule has 1 N–H and O–H groups in total. The van der Waals surface area contributed by atoms with E-state index in [0.717, 1.165) is 36.8 Å². The van der Waals surface area contributed by atoms with Crippen LogP contribution in [0.25, 0.3) is 0 Å². The topological polar surface area (TPSA) is 90.0 Å². The fraction of sp³-hybridized carbons (Fsp3) is 0.500. The van der Waals surface area contributed by atoms with Crippen LogP contribution in [0.4, 0.5) is 5.69 Å². The zero-order valence-electron chi connectivity index (χ0n) is 16.5. The van der Waals surface area contributed by atoms with Crippen LogP contribution in [0.2, 0.25) is 0 Å². The number of fused-ring (bicyclic) bond motifs is 1. The molecule has 0 aromatic heterocycles. The highest BCUT2D eigenvalue weighted by Crippen LogP contribution is 2.30. The number of hydrogen-bond acceptors (Lipinski definition) is 6. The van der Waals surface area contributed by atoms with E-state index in [4.69, 9.17) is 0 Å². The summed E-state index contributed by atoms with van der Waals surface area (Å²) in [5.41, 5.74) is 1.55. The summed E-state index contributed by atoms with van der Waals surface area (Å²) in [4.78, 5) is 54.4. The number of nitrogens with zero attached hydrogens (tertiary/aromatic N) is 3. The van der Waals surface area contributed by atoms with Crippen molar-refractivity contribution in [3.05, 3.63) is 29.3 Å². The smallest absolute Gasteiger partial charge is 0.262 e. The molecule has 0 radical (unpaired) electrons. The van der Waals surface area contributed by atoms with Gasteiger partial charge >= 0.3 is 0 Å². The average Bonchev–Trinajstić information content (AvgIpc) is 2.94. The first kappa shape index (κ1) is 20.0. The third-order valence-electron chi connectivity index (χ3n) is 5.29. The van der Waals surface area contributed by atoms with Crippen LogP contribution in [0.3, 0.4) is 0 Å². The summed E-state index contributed by atoms with van der Waals surface area (Å²) in [6.45, 7) is 7.58. The van der Waals surface area contributed by atoms with Crippen LogP contribution in [0, 0.1) is 0 Å². The number of anilines is 1. The maximum atomic E-state index is 12.8. The van der Waals surface area contributed by atoms with E-state index in [2.05, 4.69) is 22.2 Å². The fourth-order valence-corrected chi connectivity index (χ4v) is 3.72. The number of hydrogen-bond donors (Lipinski definition) is 1. The fourth-order valence-electron chi connectivity index (χ4n) is 3.72. The average molecular weight is 386 g/mol. The number of carbonyl (C=O) groups excluding carboxylic acids is 4. The maximum absolute atomic E-state index is 12.8. The van der Waals surface area contributed by atoms with Gasteiger partial charge in [-0.05, 0) is 31.7 Å². The molecule has 4 amide bonds. The van der Waals surface area contributed by atoms with Crippen molar-refractivity contribution >= 4 is 29.3 Å². The van der Waals surface area contributed by atoms with Gasteiger partial charge in [-0.15, -0.1) is 0 Å². The van der Waals surface area contributed by atoms with Gasteiger partial charge in [-0.2, -0.15) is 0 Å². The number of imide groups is 2. The molecule has 28 heavy (non-hydrogen) atoms. The van der Waals surface area contributed by atoms with Crippen LogP contribution in [0.1, 0.15) is 47.4 Å². The second-order valence-corrected chi connectivity index (χ2v) is 6.97. The molecule has 4 rings (SSSR count). The van der Waals surface area contributed by atoms with E-state index >= 15 is 0 Å². The van der Waals surface area contributed by atoms with Gasteiger partial charge in [-0.1, -0.05) is 13.8 Å². The lowest BCUT2D eigenvalue weighted by molar-refractivity contribution is -0.136. The Morgan fingerprint density at radius 3 is 2.21 bits per heavy atom. The lowest BCUT2D eigenvalue weighted by Gasteiger charge is -2.34. The normalized spacial score (nSPS) is 22.6. The molecule has 150 valence electrons. The Labute approximate surface area is 164 Å². The first-order valence-corrected chi connectivity index (χ1v) is 9.75. The summed E-state index contributed by atoms with van der Waals surface area (Å²) in [5.74, 6) is -1.89. The SMILES string of the molecule is CC.CN1CCN(c2ccc3c(c2)C(=O)N(C2CCC(=O)NC2=O)C3=O)CC1. The van der Waals surface area contributed by atoms with Crippen molar-refractivity contribution in [2.45, 2.75) is 32.7 Å². The molecule has 1 unspecified atom stereocenters. The molecule has 3 aliphatic heterocycles. The van der Waals surface area contributed by atoms with E-state index in [1.165, 1.54) is 0 Å². The highest BCUT2D eigenvalue weighted by Gasteiger charge is 2.44. The number of benzene rings is 1. The highest BCUT2D eigenvalue weighted by molar-refractivity contribution is 6.23. The molecule has 0 saturated carbocycles. The predicted octanol–water partition coefficient (Wildman–Crippen LogP) is 0.866. The van der Waals surface area contributed by atoms with Crippen LogP contribution in [0.5, 0.6) is 0 Å². The van der Waals surface area contributed by atoms with Gasteiger partial charge in [0.1, 0.15) is 6.04 Å². The number of likely N-dealkylation sites (N-methyl/N-ethyl adjacent to an activating group) is 1. The summed E-state index contributed by atoms with van der Waals surface area (Å²) in [6.07, 6.45) is 0.289. The van der Waals surface area contributed by atoms with Gasteiger partial charge in [0.05, 0.1) is 11.1 Å². The second-order valence-electron chi connectivity index (χ2n) is 6.97. The molecule has 8 heteroatoms. The highest BCUT2D eigenvalue weighted by atomic mass is 16.2. The molecule has 8 nitrogen and oxygen atoms in total. The predicted molar refractivity (Wildman–Crippen MR) is 104 cm³/mol. The second kappa shape index (κ2) is 8.10. The molecule has 1 atom stereocenters. The molecular formula is C20H26N4O4. The van der Waals surface area contributed by atoms with Crippen LogP contribution in [-0.2, 0) is 9.59 Å². The monoisotopic (exact) mass is 386 g/mol. The van der Waals surface area contributed by atoms with E-state index in [9.17, 15) is 19.2 Å². The molecule has 0 aliphatic carbocycles. The minimum absolute atomic E-state index is 0.121. The van der Waals surface area contributed by atoms with Crippen molar-refractivity contribution in [2.24, 2.45) is 0 Å². The summed E-state index contributed by atoms with van der Waals surface area (Å²) in [5, 5.41) is 2.20. The lowest BCUT2D eigenvalue weighted by atomic mass is 10.0. The van der Waals surface area contributed by atoms with Gasteiger partial charge in [-0.3, -0.25) is 29.4 Å². The number of piperidine rings is 1. The van der Waals surface area contributed by atoms with E-state index in [1.807, 2.05) is 19.9 Å². The zero-order valence-corrected chi connectivity index (χ0v) is 16.5. The minimum atomic E-state index is -0.924. The molecule has 3 aliphatic rings. The summed E-state index contributed by atoms with van der Waals surface area (Å²) in [6, 6.07) is 4.33. The van der Waals surface area contributed by atoms with Crippen LogP contribution >= 0.6 is 0 Å². The number of amides is 4.